The van der Waals surface area contributed by atoms with Crippen molar-refractivity contribution in [1.29, 1.82) is 0 Å². The molecular formula is C24H23ClN2O3. The zero-order valence-electron chi connectivity index (χ0n) is 17.1. The van der Waals surface area contributed by atoms with Gasteiger partial charge in [-0.2, -0.15) is 0 Å². The zero-order valence-corrected chi connectivity index (χ0v) is 17.8. The lowest BCUT2D eigenvalue weighted by molar-refractivity contribution is -0.133. The minimum atomic E-state index is 0.121. The van der Waals surface area contributed by atoms with Gasteiger partial charge in [0.05, 0.1) is 5.52 Å². The first kappa shape index (κ1) is 19.2. The molecule has 1 fully saturated rings. The molecule has 1 aliphatic heterocycles. The molecule has 0 N–H and O–H groups in total. The van der Waals surface area contributed by atoms with Crippen LogP contribution in [0.4, 0.5) is 0 Å². The van der Waals surface area contributed by atoms with E-state index >= 15 is 0 Å². The van der Waals surface area contributed by atoms with Gasteiger partial charge in [-0.15, -0.1) is 0 Å². The van der Waals surface area contributed by atoms with Crippen LogP contribution in [0.3, 0.4) is 0 Å². The molecule has 5 nitrogen and oxygen atoms in total. The number of hydrogen-bond donors (Lipinski definition) is 0. The molecule has 154 valence electrons. The van der Waals surface area contributed by atoms with Crippen molar-refractivity contribution in [2.75, 3.05) is 6.79 Å². The summed E-state index contributed by atoms with van der Waals surface area (Å²) < 4.78 is 10.9. The smallest absolute Gasteiger partial charge is 0.231 e. The molecule has 0 radical (unpaired) electrons. The van der Waals surface area contributed by atoms with E-state index < -0.39 is 0 Å². The number of aromatic nitrogens is 1. The fraction of sp³-hybridized carbons (Fsp3) is 0.333. The van der Waals surface area contributed by atoms with Crippen molar-refractivity contribution in [2.45, 2.75) is 39.8 Å². The second-order valence-electron chi connectivity index (χ2n) is 8.24. The second-order valence-corrected chi connectivity index (χ2v) is 8.60. The molecule has 1 amide bonds. The maximum atomic E-state index is 13.0. The molecule has 0 saturated heterocycles. The van der Waals surface area contributed by atoms with E-state index in [9.17, 15) is 4.79 Å². The maximum absolute atomic E-state index is 13.0. The first-order valence-electron chi connectivity index (χ1n) is 10.2. The molecule has 0 spiro atoms. The summed E-state index contributed by atoms with van der Waals surface area (Å²) in [6, 6.07) is 12.1. The third-order valence-electron chi connectivity index (χ3n) is 5.72. The van der Waals surface area contributed by atoms with Crippen LogP contribution in [0.25, 0.3) is 10.9 Å². The molecule has 0 bridgehead atoms. The highest BCUT2D eigenvalue weighted by Crippen LogP contribution is 2.35. The van der Waals surface area contributed by atoms with Gasteiger partial charge < -0.3 is 14.4 Å². The van der Waals surface area contributed by atoms with Crippen molar-refractivity contribution in [3.63, 3.8) is 0 Å². The van der Waals surface area contributed by atoms with Gasteiger partial charge >= 0.3 is 0 Å². The molecule has 3 aromatic rings. The number of halogens is 1. The standard InChI is InChI=1S/C24H23ClN2O3/c1-14-7-15(2)19-10-18(23(25)26-20(19)8-14)12-27(24(28)17-4-5-17)11-16-3-6-21-22(9-16)30-13-29-21/h3,6-10,17H,4-5,11-13H2,1-2H3. The highest BCUT2D eigenvalue weighted by atomic mass is 35.5. The van der Waals surface area contributed by atoms with E-state index in [1.807, 2.05) is 29.2 Å². The Kier molecular flexibility index (Phi) is 4.78. The van der Waals surface area contributed by atoms with Crippen LogP contribution in [-0.4, -0.2) is 22.6 Å². The number of hydrogen-bond acceptors (Lipinski definition) is 4. The Bertz CT molecular complexity index is 1160. The van der Waals surface area contributed by atoms with Crippen molar-refractivity contribution in [3.8, 4) is 11.5 Å². The topological polar surface area (TPSA) is 51.7 Å². The Hall–Kier alpha value is -2.79. The van der Waals surface area contributed by atoms with Gasteiger partial charge in [-0.1, -0.05) is 23.7 Å². The second kappa shape index (κ2) is 7.47. The zero-order chi connectivity index (χ0) is 20.8. The lowest BCUT2D eigenvalue weighted by Gasteiger charge is -2.24. The summed E-state index contributed by atoms with van der Waals surface area (Å²) in [7, 11) is 0. The molecule has 1 aromatic heterocycles. The lowest BCUT2D eigenvalue weighted by Crippen LogP contribution is -2.31. The van der Waals surface area contributed by atoms with Gasteiger partial charge in [-0.3, -0.25) is 4.79 Å². The minimum Gasteiger partial charge on any atom is -0.454 e. The summed E-state index contributed by atoms with van der Waals surface area (Å²) in [5.74, 6) is 1.76. The van der Waals surface area contributed by atoms with E-state index in [1.54, 1.807) is 0 Å². The molecule has 2 aromatic carbocycles. The molecule has 0 atom stereocenters. The number of pyridine rings is 1. The van der Waals surface area contributed by atoms with Crippen LogP contribution in [0.1, 0.15) is 35.1 Å². The van der Waals surface area contributed by atoms with Crippen LogP contribution in [0.5, 0.6) is 11.5 Å². The molecule has 1 saturated carbocycles. The molecule has 2 heterocycles. The van der Waals surface area contributed by atoms with Crippen LogP contribution < -0.4 is 9.47 Å². The Balaban J connectivity index is 1.46. The third-order valence-corrected chi connectivity index (χ3v) is 6.05. The summed E-state index contributed by atoms with van der Waals surface area (Å²) in [6.45, 7) is 5.29. The number of rotatable bonds is 5. The first-order chi connectivity index (χ1) is 14.5. The Labute approximate surface area is 180 Å². The number of amides is 1. The highest BCUT2D eigenvalue weighted by Gasteiger charge is 2.34. The van der Waals surface area contributed by atoms with Crippen LogP contribution in [-0.2, 0) is 17.9 Å². The van der Waals surface area contributed by atoms with Crippen LogP contribution >= 0.6 is 11.6 Å². The Morgan fingerprint density at radius 2 is 1.90 bits per heavy atom. The first-order valence-corrected chi connectivity index (χ1v) is 10.6. The van der Waals surface area contributed by atoms with Gasteiger partial charge in [0.15, 0.2) is 11.5 Å². The van der Waals surface area contributed by atoms with Gasteiger partial charge in [-0.25, -0.2) is 4.98 Å². The van der Waals surface area contributed by atoms with Crippen molar-refractivity contribution >= 4 is 28.4 Å². The van der Waals surface area contributed by atoms with Crippen LogP contribution in [0.15, 0.2) is 36.4 Å². The van der Waals surface area contributed by atoms with Crippen molar-refractivity contribution in [3.05, 3.63) is 63.8 Å². The normalized spacial score (nSPS) is 14.9. The van der Waals surface area contributed by atoms with E-state index in [4.69, 9.17) is 21.1 Å². The predicted molar refractivity (Wildman–Crippen MR) is 116 cm³/mol. The summed E-state index contributed by atoms with van der Waals surface area (Å²) in [4.78, 5) is 19.5. The summed E-state index contributed by atoms with van der Waals surface area (Å²) in [6.07, 6.45) is 1.91. The molecule has 1 aliphatic carbocycles. The van der Waals surface area contributed by atoms with Crippen molar-refractivity contribution < 1.29 is 14.3 Å². The van der Waals surface area contributed by atoms with Crippen LogP contribution in [0, 0.1) is 19.8 Å². The molecule has 0 unspecified atom stereocenters. The largest absolute Gasteiger partial charge is 0.454 e. The fourth-order valence-corrected chi connectivity index (χ4v) is 4.23. The van der Waals surface area contributed by atoms with E-state index in [1.165, 1.54) is 0 Å². The Morgan fingerprint density at radius 3 is 2.70 bits per heavy atom. The van der Waals surface area contributed by atoms with Gasteiger partial charge in [0.1, 0.15) is 5.15 Å². The summed E-state index contributed by atoms with van der Waals surface area (Å²) in [5, 5.41) is 1.52. The van der Waals surface area contributed by atoms with E-state index in [0.717, 1.165) is 57.5 Å². The minimum absolute atomic E-state index is 0.121. The predicted octanol–water partition coefficient (Wildman–Crippen LogP) is 5.17. The van der Waals surface area contributed by atoms with Gasteiger partial charge in [0.2, 0.25) is 12.7 Å². The molecule has 2 aliphatic rings. The molecule has 30 heavy (non-hydrogen) atoms. The molecule has 5 rings (SSSR count). The maximum Gasteiger partial charge on any atom is 0.231 e. The number of benzene rings is 2. The van der Waals surface area contributed by atoms with E-state index in [-0.39, 0.29) is 18.6 Å². The number of carbonyl (C=O) groups is 1. The monoisotopic (exact) mass is 422 g/mol. The quantitative estimate of drug-likeness (QED) is 0.532. The lowest BCUT2D eigenvalue weighted by atomic mass is 10.0. The number of fused-ring (bicyclic) bond motifs is 2. The SMILES string of the molecule is Cc1cc(C)c2cc(CN(Cc3ccc4c(c3)OCO4)C(=O)C3CC3)c(Cl)nc2c1. The van der Waals surface area contributed by atoms with Crippen molar-refractivity contribution in [2.24, 2.45) is 5.92 Å². The molecular weight excluding hydrogens is 400 g/mol. The number of ether oxygens (including phenoxy) is 2. The number of aryl methyl sites for hydroxylation is 2. The Morgan fingerprint density at radius 1 is 1.10 bits per heavy atom. The summed E-state index contributed by atoms with van der Waals surface area (Å²) >= 11 is 6.55. The number of carbonyl (C=O) groups excluding carboxylic acids is 1. The highest BCUT2D eigenvalue weighted by molar-refractivity contribution is 6.30. The number of nitrogens with zero attached hydrogens (tertiary/aromatic N) is 2. The summed E-state index contributed by atoms with van der Waals surface area (Å²) in [5.41, 5.74) is 5.07. The van der Waals surface area contributed by atoms with Crippen molar-refractivity contribution in [1.82, 2.24) is 9.88 Å². The van der Waals surface area contributed by atoms with Gasteiger partial charge in [0, 0.05) is 30.0 Å². The molecule has 6 heteroatoms. The fourth-order valence-electron chi connectivity index (χ4n) is 4.02. The average Bonchev–Trinajstić information content (AvgIpc) is 3.45. The van der Waals surface area contributed by atoms with Gasteiger partial charge in [-0.05, 0) is 67.6 Å². The van der Waals surface area contributed by atoms with Crippen LogP contribution in [0.2, 0.25) is 5.15 Å². The van der Waals surface area contributed by atoms with E-state index in [2.05, 4.69) is 31.0 Å². The van der Waals surface area contributed by atoms with Gasteiger partial charge in [0.25, 0.3) is 0 Å². The average molecular weight is 423 g/mol. The third kappa shape index (κ3) is 3.70. The van der Waals surface area contributed by atoms with E-state index in [0.29, 0.717) is 18.2 Å².